The van der Waals surface area contributed by atoms with E-state index in [1.54, 1.807) is 0 Å². The second-order valence-corrected chi connectivity index (χ2v) is 2.21. The highest BCUT2D eigenvalue weighted by Gasteiger charge is 2.28. The third kappa shape index (κ3) is 1.30. The number of aliphatic hydroxyl groups excluding tert-OH is 1. The first-order valence-electron chi connectivity index (χ1n) is 2.98. The van der Waals surface area contributed by atoms with Crippen LogP contribution in [0.2, 0.25) is 0 Å². The molecule has 46 valence electrons. The number of carbonyl (C=O) groups excluding carboxylic acids is 1. The van der Waals surface area contributed by atoms with Crippen LogP contribution in [-0.4, -0.2) is 17.5 Å². The van der Waals surface area contributed by atoms with Crippen molar-refractivity contribution >= 4 is 5.78 Å². The predicted molar refractivity (Wildman–Crippen MR) is 29.4 cm³/mol. The summed E-state index contributed by atoms with van der Waals surface area (Å²) in [6.07, 6.45) is 2.47. The maximum Gasteiger partial charge on any atom is 0.138 e. The van der Waals surface area contributed by atoms with Crippen molar-refractivity contribution in [1.29, 1.82) is 0 Å². The van der Waals surface area contributed by atoms with Gasteiger partial charge in [0, 0.05) is 18.9 Å². The molecule has 0 spiro atoms. The zero-order valence-corrected chi connectivity index (χ0v) is 4.76. The van der Waals surface area contributed by atoms with Gasteiger partial charge in [-0.3, -0.25) is 4.79 Å². The molecule has 0 saturated heterocycles. The molecule has 0 aromatic rings. The van der Waals surface area contributed by atoms with Crippen LogP contribution in [0.4, 0.5) is 0 Å². The molecule has 8 heavy (non-hydrogen) atoms. The summed E-state index contributed by atoms with van der Waals surface area (Å²) in [5.41, 5.74) is 0. The van der Waals surface area contributed by atoms with Crippen molar-refractivity contribution in [2.45, 2.75) is 19.3 Å². The minimum atomic E-state index is 0.0231. The van der Waals surface area contributed by atoms with Crippen LogP contribution in [0.5, 0.6) is 0 Å². The van der Waals surface area contributed by atoms with Gasteiger partial charge in [0.25, 0.3) is 0 Å². The van der Waals surface area contributed by atoms with Gasteiger partial charge in [-0.25, -0.2) is 0 Å². The minimum Gasteiger partial charge on any atom is -0.396 e. The SMILES string of the molecule is O=C(CCO)C1CC1. The molecule has 0 aromatic carbocycles. The summed E-state index contributed by atoms with van der Waals surface area (Å²) in [5.74, 6) is 0.564. The third-order valence-electron chi connectivity index (χ3n) is 1.39. The Morgan fingerprint density at radius 2 is 2.25 bits per heavy atom. The number of ketones is 1. The number of Topliss-reactive ketones (excluding diaryl/α,β-unsaturated/α-hetero) is 1. The van der Waals surface area contributed by atoms with E-state index < -0.39 is 0 Å². The van der Waals surface area contributed by atoms with Crippen LogP contribution in [-0.2, 0) is 4.79 Å². The van der Waals surface area contributed by atoms with Crippen LogP contribution < -0.4 is 0 Å². The quantitative estimate of drug-likeness (QED) is 0.574. The Morgan fingerprint density at radius 3 is 2.62 bits per heavy atom. The van der Waals surface area contributed by atoms with Gasteiger partial charge in [-0.2, -0.15) is 0 Å². The van der Waals surface area contributed by atoms with Crippen LogP contribution in [0.15, 0.2) is 0 Å². The van der Waals surface area contributed by atoms with Crippen LogP contribution >= 0.6 is 0 Å². The number of carbonyl (C=O) groups is 1. The summed E-state index contributed by atoms with van der Waals surface area (Å²) in [4.78, 5) is 10.6. The summed E-state index contributed by atoms with van der Waals surface area (Å²) < 4.78 is 0. The van der Waals surface area contributed by atoms with E-state index in [-0.39, 0.29) is 12.4 Å². The Labute approximate surface area is 48.5 Å². The molecule has 1 N–H and O–H groups in total. The van der Waals surface area contributed by atoms with E-state index in [2.05, 4.69) is 0 Å². The lowest BCUT2D eigenvalue weighted by atomic mass is 10.2. The molecular formula is C6H10O2. The fourth-order valence-corrected chi connectivity index (χ4v) is 0.720. The van der Waals surface area contributed by atoms with Gasteiger partial charge in [-0.05, 0) is 12.8 Å². The second-order valence-electron chi connectivity index (χ2n) is 2.21. The van der Waals surface area contributed by atoms with Gasteiger partial charge in [-0.15, -0.1) is 0 Å². The van der Waals surface area contributed by atoms with Gasteiger partial charge < -0.3 is 5.11 Å². The molecule has 1 aliphatic carbocycles. The fraction of sp³-hybridized carbons (Fsp3) is 0.833. The van der Waals surface area contributed by atoms with Gasteiger partial charge in [0.2, 0.25) is 0 Å². The summed E-state index contributed by atoms with van der Waals surface area (Å²) in [6, 6.07) is 0. The number of rotatable bonds is 3. The zero-order valence-electron chi connectivity index (χ0n) is 4.76. The molecule has 0 heterocycles. The third-order valence-corrected chi connectivity index (χ3v) is 1.39. The lowest BCUT2D eigenvalue weighted by Crippen LogP contribution is -2.01. The molecule has 0 amide bonds. The summed E-state index contributed by atoms with van der Waals surface area (Å²) in [7, 11) is 0. The molecule has 0 aromatic heterocycles. The molecule has 0 radical (unpaired) electrons. The molecule has 1 aliphatic rings. The molecule has 0 unspecified atom stereocenters. The van der Waals surface area contributed by atoms with Crippen molar-refractivity contribution in [3.8, 4) is 0 Å². The van der Waals surface area contributed by atoms with Crippen LogP contribution in [0.1, 0.15) is 19.3 Å². The maximum absolute atomic E-state index is 10.6. The molecule has 1 fully saturated rings. The van der Waals surface area contributed by atoms with E-state index in [1.807, 2.05) is 0 Å². The van der Waals surface area contributed by atoms with Crippen molar-refractivity contribution in [3.05, 3.63) is 0 Å². The average Bonchev–Trinajstić information content (AvgIpc) is 2.45. The Kier molecular flexibility index (Phi) is 1.63. The zero-order chi connectivity index (χ0) is 5.98. The van der Waals surface area contributed by atoms with Crippen LogP contribution in [0.25, 0.3) is 0 Å². The van der Waals surface area contributed by atoms with Gasteiger partial charge >= 0.3 is 0 Å². The lowest BCUT2D eigenvalue weighted by Gasteiger charge is -1.89. The fourth-order valence-electron chi connectivity index (χ4n) is 0.720. The van der Waals surface area contributed by atoms with E-state index in [4.69, 9.17) is 5.11 Å². The van der Waals surface area contributed by atoms with Crippen molar-refractivity contribution in [2.75, 3.05) is 6.61 Å². The van der Waals surface area contributed by atoms with E-state index in [0.717, 1.165) is 12.8 Å². The number of hydrogen-bond acceptors (Lipinski definition) is 2. The summed E-state index contributed by atoms with van der Waals surface area (Å²) >= 11 is 0. The Hall–Kier alpha value is -0.370. The summed E-state index contributed by atoms with van der Waals surface area (Å²) in [6.45, 7) is 0.0231. The van der Waals surface area contributed by atoms with E-state index in [0.29, 0.717) is 12.3 Å². The molecule has 1 rings (SSSR count). The highest BCUT2D eigenvalue weighted by Crippen LogP contribution is 2.30. The monoisotopic (exact) mass is 114 g/mol. The highest BCUT2D eigenvalue weighted by molar-refractivity contribution is 5.83. The molecule has 1 saturated carbocycles. The van der Waals surface area contributed by atoms with Crippen LogP contribution in [0, 0.1) is 5.92 Å². The molecule has 0 bridgehead atoms. The van der Waals surface area contributed by atoms with Gasteiger partial charge in [-0.1, -0.05) is 0 Å². The first kappa shape index (κ1) is 5.76. The predicted octanol–water partition coefficient (Wildman–Crippen LogP) is 0.348. The minimum absolute atomic E-state index is 0.0231. The lowest BCUT2D eigenvalue weighted by molar-refractivity contribution is -0.120. The first-order valence-corrected chi connectivity index (χ1v) is 2.98. The largest absolute Gasteiger partial charge is 0.396 e. The Balaban J connectivity index is 2.13. The molecule has 2 nitrogen and oxygen atoms in total. The highest BCUT2D eigenvalue weighted by atomic mass is 16.3. The molecular weight excluding hydrogens is 104 g/mol. The molecule has 0 aliphatic heterocycles. The second kappa shape index (κ2) is 2.27. The smallest absolute Gasteiger partial charge is 0.138 e. The van der Waals surface area contributed by atoms with E-state index in [1.165, 1.54) is 0 Å². The van der Waals surface area contributed by atoms with Gasteiger partial charge in [0.05, 0.1) is 0 Å². The molecule has 0 atom stereocenters. The standard InChI is InChI=1S/C6H10O2/c7-4-3-6(8)5-1-2-5/h5,7H,1-4H2. The van der Waals surface area contributed by atoms with Gasteiger partial charge in [0.15, 0.2) is 0 Å². The maximum atomic E-state index is 10.6. The Bertz CT molecular complexity index is 94.7. The molecule has 2 heteroatoms. The van der Waals surface area contributed by atoms with E-state index >= 15 is 0 Å². The topological polar surface area (TPSA) is 37.3 Å². The Morgan fingerprint density at radius 1 is 1.62 bits per heavy atom. The van der Waals surface area contributed by atoms with Crippen molar-refractivity contribution in [3.63, 3.8) is 0 Å². The summed E-state index contributed by atoms with van der Waals surface area (Å²) in [5, 5.41) is 8.29. The van der Waals surface area contributed by atoms with Crippen molar-refractivity contribution in [2.24, 2.45) is 5.92 Å². The van der Waals surface area contributed by atoms with Gasteiger partial charge in [0.1, 0.15) is 5.78 Å². The van der Waals surface area contributed by atoms with Crippen LogP contribution in [0.3, 0.4) is 0 Å². The normalized spacial score (nSPS) is 18.6. The average molecular weight is 114 g/mol. The number of hydrogen-bond donors (Lipinski definition) is 1. The van der Waals surface area contributed by atoms with E-state index in [9.17, 15) is 4.79 Å². The first-order chi connectivity index (χ1) is 3.84. The van der Waals surface area contributed by atoms with Crippen molar-refractivity contribution in [1.82, 2.24) is 0 Å². The number of aliphatic hydroxyl groups is 1. The van der Waals surface area contributed by atoms with Crippen molar-refractivity contribution < 1.29 is 9.90 Å².